The van der Waals surface area contributed by atoms with Crippen molar-refractivity contribution < 1.29 is 0 Å². The van der Waals surface area contributed by atoms with Crippen molar-refractivity contribution in [3.8, 4) is 0 Å². The van der Waals surface area contributed by atoms with Gasteiger partial charge >= 0.3 is 0 Å². The number of fused-ring (bicyclic) bond motifs is 1. The smallest absolute Gasteiger partial charge is 0.200 e. The van der Waals surface area contributed by atoms with E-state index in [1.807, 2.05) is 6.92 Å². The molecule has 1 aliphatic rings. The van der Waals surface area contributed by atoms with E-state index in [1.165, 1.54) is 5.56 Å². The third-order valence-corrected chi connectivity index (χ3v) is 5.86. The van der Waals surface area contributed by atoms with E-state index in [2.05, 4.69) is 69.8 Å². The summed E-state index contributed by atoms with van der Waals surface area (Å²) in [6.45, 7) is 7.25. The lowest BCUT2D eigenvalue weighted by atomic mass is 9.72. The minimum absolute atomic E-state index is 0.133. The number of hydrogen-bond donors (Lipinski definition) is 1. The number of aryl methyl sites for hydroxylation is 1. The van der Waals surface area contributed by atoms with Gasteiger partial charge in [-0.15, -0.1) is 10.2 Å². The molecule has 4 rings (SSSR count). The Bertz CT molecular complexity index is 893. The molecule has 1 N–H and O–H groups in total. The van der Waals surface area contributed by atoms with Crippen molar-refractivity contribution in [1.82, 2.24) is 24.7 Å². The van der Waals surface area contributed by atoms with Crippen LogP contribution in [0.5, 0.6) is 0 Å². The molecule has 0 spiro atoms. The first-order chi connectivity index (χ1) is 12.6. The van der Waals surface area contributed by atoms with Gasteiger partial charge in [-0.2, -0.15) is 9.61 Å². The zero-order chi connectivity index (χ0) is 18.1. The Labute approximate surface area is 154 Å². The standard InChI is InChI=1S/C20H26N6/c1-15-16(2)24-26-14-22-23-19(26)18(15)21-13-20(9-11-25(3)12-10-20)17-7-5-4-6-8-17/h4-8,14,21H,9-13H2,1-3H3. The van der Waals surface area contributed by atoms with Gasteiger partial charge in [0.2, 0.25) is 5.65 Å². The van der Waals surface area contributed by atoms with Gasteiger partial charge in [-0.1, -0.05) is 30.3 Å². The van der Waals surface area contributed by atoms with Crippen LogP contribution in [0.2, 0.25) is 0 Å². The fraction of sp³-hybridized carbons (Fsp3) is 0.450. The highest BCUT2D eigenvalue weighted by molar-refractivity contribution is 5.71. The summed E-state index contributed by atoms with van der Waals surface area (Å²) < 4.78 is 1.76. The maximum Gasteiger partial charge on any atom is 0.200 e. The van der Waals surface area contributed by atoms with Crippen LogP contribution in [0.4, 0.5) is 5.69 Å². The minimum Gasteiger partial charge on any atom is -0.381 e. The molecule has 0 bridgehead atoms. The summed E-state index contributed by atoms with van der Waals surface area (Å²) in [5.74, 6) is 0. The van der Waals surface area contributed by atoms with E-state index in [0.29, 0.717) is 0 Å². The molecule has 2 aromatic heterocycles. The molecule has 0 saturated carbocycles. The van der Waals surface area contributed by atoms with Gasteiger partial charge in [0.15, 0.2) is 0 Å². The molecule has 1 fully saturated rings. The van der Waals surface area contributed by atoms with E-state index in [4.69, 9.17) is 0 Å². The van der Waals surface area contributed by atoms with Gasteiger partial charge in [0.05, 0.1) is 11.4 Å². The minimum atomic E-state index is 0.133. The van der Waals surface area contributed by atoms with E-state index in [1.54, 1.807) is 10.8 Å². The lowest BCUT2D eigenvalue weighted by molar-refractivity contribution is 0.195. The number of benzene rings is 1. The first-order valence-electron chi connectivity index (χ1n) is 9.24. The number of nitrogens with zero attached hydrogens (tertiary/aromatic N) is 5. The van der Waals surface area contributed by atoms with E-state index < -0.39 is 0 Å². The van der Waals surface area contributed by atoms with Crippen LogP contribution in [0, 0.1) is 13.8 Å². The lowest BCUT2D eigenvalue weighted by Gasteiger charge is -2.41. The van der Waals surface area contributed by atoms with Crippen molar-refractivity contribution in [1.29, 1.82) is 0 Å². The van der Waals surface area contributed by atoms with Crippen LogP contribution in [-0.4, -0.2) is 51.4 Å². The van der Waals surface area contributed by atoms with E-state index in [0.717, 1.165) is 55.1 Å². The molecular formula is C20H26N6. The summed E-state index contributed by atoms with van der Waals surface area (Å²) in [5.41, 5.74) is 5.53. The van der Waals surface area contributed by atoms with Gasteiger partial charge in [0, 0.05) is 12.0 Å². The van der Waals surface area contributed by atoms with Crippen LogP contribution < -0.4 is 5.32 Å². The highest BCUT2D eigenvalue weighted by Crippen LogP contribution is 2.36. The molecule has 6 nitrogen and oxygen atoms in total. The highest BCUT2D eigenvalue weighted by Gasteiger charge is 2.35. The fourth-order valence-electron chi connectivity index (χ4n) is 3.93. The lowest BCUT2D eigenvalue weighted by Crippen LogP contribution is -2.45. The quantitative estimate of drug-likeness (QED) is 0.784. The molecule has 0 atom stereocenters. The number of anilines is 1. The Balaban J connectivity index is 1.68. The molecule has 3 heterocycles. The Morgan fingerprint density at radius 2 is 1.85 bits per heavy atom. The SMILES string of the molecule is Cc1nn2cnnc2c(NCC2(c3ccccc3)CCN(C)CC2)c1C. The van der Waals surface area contributed by atoms with Crippen LogP contribution in [0.3, 0.4) is 0 Å². The third-order valence-electron chi connectivity index (χ3n) is 5.86. The summed E-state index contributed by atoms with van der Waals surface area (Å²) in [7, 11) is 2.21. The molecule has 0 aliphatic carbocycles. The largest absolute Gasteiger partial charge is 0.381 e. The zero-order valence-corrected chi connectivity index (χ0v) is 15.7. The van der Waals surface area contributed by atoms with E-state index in [9.17, 15) is 0 Å². The summed E-state index contributed by atoms with van der Waals surface area (Å²) in [6.07, 6.45) is 3.95. The maximum absolute atomic E-state index is 4.52. The average molecular weight is 350 g/mol. The van der Waals surface area contributed by atoms with Crippen molar-refractivity contribution in [3.63, 3.8) is 0 Å². The van der Waals surface area contributed by atoms with Crippen molar-refractivity contribution in [2.24, 2.45) is 0 Å². The zero-order valence-electron chi connectivity index (χ0n) is 15.7. The fourth-order valence-corrected chi connectivity index (χ4v) is 3.93. The molecule has 1 aliphatic heterocycles. The molecule has 6 heteroatoms. The maximum atomic E-state index is 4.52. The van der Waals surface area contributed by atoms with Crippen LogP contribution in [0.15, 0.2) is 36.7 Å². The van der Waals surface area contributed by atoms with Gasteiger partial charge in [-0.3, -0.25) is 0 Å². The van der Waals surface area contributed by atoms with Crippen LogP contribution in [0.1, 0.15) is 29.7 Å². The average Bonchev–Trinajstić information content (AvgIpc) is 3.12. The predicted molar refractivity (Wildman–Crippen MR) is 104 cm³/mol. The van der Waals surface area contributed by atoms with E-state index >= 15 is 0 Å². The summed E-state index contributed by atoms with van der Waals surface area (Å²) in [5, 5.41) is 16.5. The van der Waals surface area contributed by atoms with Crippen molar-refractivity contribution in [3.05, 3.63) is 53.5 Å². The van der Waals surface area contributed by atoms with Gasteiger partial charge in [0.1, 0.15) is 6.33 Å². The Hall–Kier alpha value is -2.47. The summed E-state index contributed by atoms with van der Waals surface area (Å²) in [6, 6.07) is 10.9. The third kappa shape index (κ3) is 2.94. The van der Waals surface area contributed by atoms with E-state index in [-0.39, 0.29) is 5.41 Å². The molecular weight excluding hydrogens is 324 g/mol. The molecule has 1 saturated heterocycles. The number of nitrogens with one attached hydrogen (secondary N) is 1. The Morgan fingerprint density at radius 1 is 1.12 bits per heavy atom. The number of piperidine rings is 1. The second-order valence-corrected chi connectivity index (χ2v) is 7.49. The molecule has 0 radical (unpaired) electrons. The number of rotatable bonds is 4. The molecule has 1 aromatic carbocycles. The first-order valence-corrected chi connectivity index (χ1v) is 9.24. The monoisotopic (exact) mass is 350 g/mol. The summed E-state index contributed by atoms with van der Waals surface area (Å²) >= 11 is 0. The molecule has 136 valence electrons. The Kier molecular flexibility index (Phi) is 4.36. The molecule has 0 unspecified atom stereocenters. The van der Waals surface area contributed by atoms with Crippen LogP contribution in [-0.2, 0) is 5.41 Å². The van der Waals surface area contributed by atoms with Crippen molar-refractivity contribution >= 4 is 11.3 Å². The second kappa shape index (κ2) is 6.68. The predicted octanol–water partition coefficient (Wildman–Crippen LogP) is 2.82. The molecule has 3 aromatic rings. The molecule has 0 amide bonds. The van der Waals surface area contributed by atoms with Crippen LogP contribution in [0.25, 0.3) is 5.65 Å². The first kappa shape index (κ1) is 17.0. The number of aromatic nitrogens is 4. The molecule has 26 heavy (non-hydrogen) atoms. The summed E-state index contributed by atoms with van der Waals surface area (Å²) in [4.78, 5) is 2.42. The van der Waals surface area contributed by atoms with Gasteiger partial charge < -0.3 is 10.2 Å². The second-order valence-electron chi connectivity index (χ2n) is 7.49. The Morgan fingerprint density at radius 3 is 2.58 bits per heavy atom. The van der Waals surface area contributed by atoms with Crippen molar-refractivity contribution in [2.75, 3.05) is 32.0 Å². The topological polar surface area (TPSA) is 58.4 Å². The normalized spacial score (nSPS) is 17.5. The van der Waals surface area contributed by atoms with Gasteiger partial charge in [0.25, 0.3) is 0 Å². The van der Waals surface area contributed by atoms with Crippen LogP contribution >= 0.6 is 0 Å². The number of hydrogen-bond acceptors (Lipinski definition) is 5. The van der Waals surface area contributed by atoms with Gasteiger partial charge in [-0.25, -0.2) is 0 Å². The highest BCUT2D eigenvalue weighted by atomic mass is 15.3. The number of likely N-dealkylation sites (tertiary alicyclic amines) is 1. The van der Waals surface area contributed by atoms with Crippen molar-refractivity contribution in [2.45, 2.75) is 32.1 Å². The van der Waals surface area contributed by atoms with Gasteiger partial charge in [-0.05, 0) is 58.0 Å².